The van der Waals surface area contributed by atoms with Gasteiger partial charge in [0.05, 0.1) is 4.90 Å². The number of benzene rings is 2. The van der Waals surface area contributed by atoms with Crippen LogP contribution in [0.3, 0.4) is 0 Å². The van der Waals surface area contributed by atoms with Crippen LogP contribution in [0.4, 0.5) is 5.69 Å². The zero-order chi connectivity index (χ0) is 22.2. The smallest absolute Gasteiger partial charge is 0.267 e. The monoisotopic (exact) mass is 441 g/mol. The Kier molecular flexibility index (Phi) is 5.75. The first-order chi connectivity index (χ1) is 14.8. The minimum absolute atomic E-state index is 0.0533. The van der Waals surface area contributed by atoms with Crippen LogP contribution in [0, 0.1) is 13.8 Å². The second-order valence-corrected chi connectivity index (χ2v) is 9.96. The van der Waals surface area contributed by atoms with Crippen LogP contribution in [-0.4, -0.2) is 61.7 Å². The van der Waals surface area contributed by atoms with Crippen molar-refractivity contribution < 1.29 is 18.0 Å². The average molecular weight is 442 g/mol. The minimum Gasteiger partial charge on any atom is -0.368 e. The van der Waals surface area contributed by atoms with E-state index in [2.05, 4.69) is 4.90 Å². The van der Waals surface area contributed by atoms with Gasteiger partial charge in [0, 0.05) is 38.3 Å². The van der Waals surface area contributed by atoms with E-state index in [-0.39, 0.29) is 23.6 Å². The highest BCUT2D eigenvalue weighted by atomic mass is 32.2. The first-order valence-corrected chi connectivity index (χ1v) is 12.0. The summed E-state index contributed by atoms with van der Waals surface area (Å²) in [4.78, 5) is 29.7. The van der Waals surface area contributed by atoms with Gasteiger partial charge in [0.2, 0.25) is 11.8 Å². The lowest BCUT2D eigenvalue weighted by atomic mass is 10.1. The van der Waals surface area contributed by atoms with Gasteiger partial charge in [0.1, 0.15) is 6.04 Å². The third-order valence-corrected chi connectivity index (χ3v) is 8.02. The fourth-order valence-corrected chi connectivity index (χ4v) is 5.89. The number of rotatable bonds is 4. The quantitative estimate of drug-likeness (QED) is 0.728. The number of hydrogen-bond acceptors (Lipinski definition) is 5. The lowest BCUT2D eigenvalue weighted by molar-refractivity contribution is -0.138. The molecule has 7 nitrogen and oxygen atoms in total. The molecule has 0 aromatic heterocycles. The number of nitrogens with zero attached hydrogens (tertiary/aromatic N) is 3. The maximum atomic E-state index is 13.3. The molecule has 2 fully saturated rings. The summed E-state index contributed by atoms with van der Waals surface area (Å²) in [7, 11) is -4.09. The maximum Gasteiger partial charge on any atom is 0.267 e. The van der Waals surface area contributed by atoms with E-state index in [1.165, 1.54) is 6.07 Å². The van der Waals surface area contributed by atoms with E-state index in [0.29, 0.717) is 26.2 Å². The maximum absolute atomic E-state index is 13.3. The molecule has 0 N–H and O–H groups in total. The topological polar surface area (TPSA) is 78.0 Å². The highest BCUT2D eigenvalue weighted by Gasteiger charge is 2.45. The Morgan fingerprint density at radius 3 is 2.26 bits per heavy atom. The predicted molar refractivity (Wildman–Crippen MR) is 118 cm³/mol. The van der Waals surface area contributed by atoms with Crippen molar-refractivity contribution in [1.82, 2.24) is 9.21 Å². The molecular weight excluding hydrogens is 414 g/mol. The Balaban J connectivity index is 1.51. The number of sulfonamides is 1. The summed E-state index contributed by atoms with van der Waals surface area (Å²) in [6.07, 6.45) is 0.283. The zero-order valence-corrected chi connectivity index (χ0v) is 18.6. The van der Waals surface area contributed by atoms with Crippen LogP contribution in [0.15, 0.2) is 53.4 Å². The Morgan fingerprint density at radius 1 is 0.935 bits per heavy atom. The lowest BCUT2D eigenvalue weighted by Crippen LogP contribution is -2.55. The van der Waals surface area contributed by atoms with Crippen LogP contribution in [0.1, 0.15) is 24.0 Å². The minimum atomic E-state index is -4.09. The van der Waals surface area contributed by atoms with Crippen molar-refractivity contribution in [3.05, 3.63) is 59.7 Å². The Morgan fingerprint density at radius 2 is 1.61 bits per heavy atom. The highest BCUT2D eigenvalue weighted by Crippen LogP contribution is 2.30. The molecule has 0 saturated carbocycles. The normalized spacial score (nSPS) is 19.7. The summed E-state index contributed by atoms with van der Waals surface area (Å²) in [5, 5.41) is 0. The van der Waals surface area contributed by atoms with Gasteiger partial charge < -0.3 is 9.80 Å². The molecule has 2 aromatic rings. The van der Waals surface area contributed by atoms with Crippen LogP contribution in [0.25, 0.3) is 0 Å². The number of hydrogen-bond donors (Lipinski definition) is 0. The van der Waals surface area contributed by atoms with E-state index >= 15 is 0 Å². The molecule has 8 heteroatoms. The van der Waals surface area contributed by atoms with Crippen molar-refractivity contribution in [3.8, 4) is 0 Å². The predicted octanol–water partition coefficient (Wildman–Crippen LogP) is 2.33. The van der Waals surface area contributed by atoms with Gasteiger partial charge >= 0.3 is 0 Å². The zero-order valence-electron chi connectivity index (χ0n) is 17.8. The van der Waals surface area contributed by atoms with Gasteiger partial charge in [-0.2, -0.15) is 0 Å². The van der Waals surface area contributed by atoms with E-state index in [4.69, 9.17) is 0 Å². The van der Waals surface area contributed by atoms with Crippen LogP contribution in [0.5, 0.6) is 0 Å². The van der Waals surface area contributed by atoms with Gasteiger partial charge in [-0.05, 0) is 55.7 Å². The van der Waals surface area contributed by atoms with E-state index in [9.17, 15) is 18.0 Å². The summed E-state index contributed by atoms with van der Waals surface area (Å²) >= 11 is 0. The van der Waals surface area contributed by atoms with Crippen molar-refractivity contribution >= 4 is 27.5 Å². The Hall–Kier alpha value is -2.87. The second kappa shape index (κ2) is 8.34. The van der Waals surface area contributed by atoms with Crippen molar-refractivity contribution in [2.45, 2.75) is 37.6 Å². The van der Waals surface area contributed by atoms with Gasteiger partial charge in [-0.1, -0.05) is 24.3 Å². The number of piperazine rings is 1. The van der Waals surface area contributed by atoms with Crippen molar-refractivity contribution in [2.24, 2.45) is 0 Å². The SMILES string of the molecule is Cc1ccc(S(=O)(=O)N2C(=O)CC[C@H]2C(=O)N2CCN(c3ccccc3)CC2)cc1C. The largest absolute Gasteiger partial charge is 0.368 e. The van der Waals surface area contributed by atoms with Gasteiger partial charge in [-0.3, -0.25) is 9.59 Å². The molecule has 0 bridgehead atoms. The van der Waals surface area contributed by atoms with Gasteiger partial charge in [-0.25, -0.2) is 12.7 Å². The summed E-state index contributed by atoms with van der Waals surface area (Å²) in [5.74, 6) is -0.800. The Bertz CT molecular complexity index is 1090. The van der Waals surface area contributed by atoms with Crippen molar-refractivity contribution in [2.75, 3.05) is 31.1 Å². The van der Waals surface area contributed by atoms with E-state index in [1.807, 2.05) is 44.2 Å². The molecule has 2 aliphatic rings. The fraction of sp³-hybridized carbons (Fsp3) is 0.391. The standard InChI is InChI=1S/C23H27N3O4S/c1-17-8-9-20(16-18(17)2)31(29,30)26-21(10-11-22(26)27)23(28)25-14-12-24(13-15-25)19-6-4-3-5-7-19/h3-9,16,21H,10-15H2,1-2H3/t21-/m0/s1. The lowest BCUT2D eigenvalue weighted by Gasteiger charge is -2.38. The number of carbonyl (C=O) groups is 2. The summed E-state index contributed by atoms with van der Waals surface area (Å²) in [5.41, 5.74) is 2.90. The van der Waals surface area contributed by atoms with Crippen molar-refractivity contribution in [3.63, 3.8) is 0 Å². The molecule has 2 heterocycles. The number of amides is 2. The second-order valence-electron chi connectivity index (χ2n) is 8.14. The molecule has 0 aliphatic carbocycles. The number of para-hydroxylation sites is 1. The third-order valence-electron chi connectivity index (χ3n) is 6.19. The van der Waals surface area contributed by atoms with E-state index < -0.39 is 22.0 Å². The molecule has 2 aliphatic heterocycles. The van der Waals surface area contributed by atoms with E-state index in [0.717, 1.165) is 21.1 Å². The number of anilines is 1. The molecule has 0 unspecified atom stereocenters. The van der Waals surface area contributed by atoms with Crippen LogP contribution in [0.2, 0.25) is 0 Å². The molecule has 164 valence electrons. The summed E-state index contributed by atoms with van der Waals surface area (Å²) < 4.78 is 27.4. The molecule has 0 spiro atoms. The van der Waals surface area contributed by atoms with Crippen LogP contribution < -0.4 is 4.90 Å². The molecule has 2 saturated heterocycles. The Labute approximate surface area is 183 Å². The van der Waals surface area contributed by atoms with Crippen LogP contribution in [-0.2, 0) is 19.6 Å². The first kappa shape index (κ1) is 21.4. The molecule has 4 rings (SSSR count). The fourth-order valence-electron chi connectivity index (χ4n) is 4.21. The molecule has 2 aromatic carbocycles. The van der Waals surface area contributed by atoms with E-state index in [1.54, 1.807) is 17.0 Å². The van der Waals surface area contributed by atoms with Gasteiger partial charge in [0.25, 0.3) is 10.0 Å². The van der Waals surface area contributed by atoms with Crippen LogP contribution >= 0.6 is 0 Å². The highest BCUT2D eigenvalue weighted by molar-refractivity contribution is 7.89. The first-order valence-electron chi connectivity index (χ1n) is 10.5. The number of carbonyl (C=O) groups excluding carboxylic acids is 2. The average Bonchev–Trinajstić information content (AvgIpc) is 3.18. The third kappa shape index (κ3) is 4.04. The summed E-state index contributed by atoms with van der Waals surface area (Å²) in [6.45, 7) is 6.05. The number of aryl methyl sites for hydroxylation is 2. The van der Waals surface area contributed by atoms with Gasteiger partial charge in [-0.15, -0.1) is 0 Å². The molecule has 2 amide bonds. The molecule has 0 radical (unpaired) electrons. The van der Waals surface area contributed by atoms with Gasteiger partial charge in [0.15, 0.2) is 0 Å². The summed E-state index contributed by atoms with van der Waals surface area (Å²) in [6, 6.07) is 13.8. The molecular formula is C23H27N3O4S. The molecule has 31 heavy (non-hydrogen) atoms. The van der Waals surface area contributed by atoms with Crippen molar-refractivity contribution in [1.29, 1.82) is 0 Å². The molecule has 1 atom stereocenters.